The molecule has 0 aromatic heterocycles. The second-order valence-corrected chi connectivity index (χ2v) is 1.58. The average Bonchev–Trinajstić information content (AvgIpc) is 1.76. The van der Waals surface area contributed by atoms with Crippen molar-refractivity contribution in [1.29, 1.82) is 0 Å². The Balaban J connectivity index is -0.0000000369. The van der Waals surface area contributed by atoms with E-state index in [-0.39, 0.29) is 23.1 Å². The van der Waals surface area contributed by atoms with Gasteiger partial charge in [-0.2, -0.15) is 0 Å². The molecule has 0 aliphatic carbocycles. The Bertz CT molecular complexity index is 167. The zero-order valence-corrected chi connectivity index (χ0v) is 9.66. The molecule has 0 saturated heterocycles. The SMILES string of the molecule is CC(C)=O.O=[N+]([O-])[O-].O=[N+]([O-])[O-].O=[N+]([O-])[O-].[Al+3]. The van der Waals surface area contributed by atoms with E-state index in [0.717, 1.165) is 0 Å². The zero-order chi connectivity index (χ0) is 14.3. The Morgan fingerprint density at radius 2 is 0.706 bits per heavy atom. The first-order chi connectivity index (χ1) is 6.93. The van der Waals surface area contributed by atoms with Crippen molar-refractivity contribution in [3.63, 3.8) is 0 Å². The van der Waals surface area contributed by atoms with Crippen molar-refractivity contribution in [2.24, 2.45) is 0 Å². The van der Waals surface area contributed by atoms with Crippen LogP contribution in [0.25, 0.3) is 0 Å². The van der Waals surface area contributed by atoms with Crippen LogP contribution in [0.4, 0.5) is 0 Å². The van der Waals surface area contributed by atoms with E-state index < -0.39 is 15.3 Å². The topological polar surface area (TPSA) is 216 Å². The third kappa shape index (κ3) is 398. The van der Waals surface area contributed by atoms with E-state index in [1.165, 1.54) is 13.8 Å². The van der Waals surface area contributed by atoms with Gasteiger partial charge < -0.3 is 50.8 Å². The van der Waals surface area contributed by atoms with Crippen molar-refractivity contribution >= 4 is 23.1 Å². The van der Waals surface area contributed by atoms with Crippen molar-refractivity contribution in [1.82, 2.24) is 0 Å². The molecule has 0 aromatic rings. The summed E-state index contributed by atoms with van der Waals surface area (Å²) in [4.78, 5) is 34.2. The molecule has 0 N–H and O–H groups in total. The van der Waals surface area contributed by atoms with E-state index in [9.17, 15) is 4.79 Å². The van der Waals surface area contributed by atoms with Gasteiger partial charge in [0.1, 0.15) is 5.78 Å². The normalized spacial score (nSPS) is 5.76. The summed E-state index contributed by atoms with van der Waals surface area (Å²) in [6.45, 7) is 3.06. The number of ketones is 1. The Kier molecular flexibility index (Phi) is 40.6. The molecule has 0 amide bonds. The monoisotopic (exact) mass is 271 g/mol. The summed E-state index contributed by atoms with van der Waals surface area (Å²) in [7, 11) is 0. The summed E-state index contributed by atoms with van der Waals surface area (Å²) in [5, 5.41) is 44.2. The Labute approximate surface area is 104 Å². The average molecular weight is 271 g/mol. The van der Waals surface area contributed by atoms with Gasteiger partial charge in [-0.25, -0.2) is 0 Å². The van der Waals surface area contributed by atoms with Gasteiger partial charge in [0.2, 0.25) is 0 Å². The van der Waals surface area contributed by atoms with Crippen molar-refractivity contribution in [2.45, 2.75) is 13.8 Å². The number of rotatable bonds is 0. The van der Waals surface area contributed by atoms with Crippen LogP contribution in [0.5, 0.6) is 0 Å². The maximum absolute atomic E-state index is 9.44. The number of hydrogen-bond donors (Lipinski definition) is 0. The summed E-state index contributed by atoms with van der Waals surface area (Å²) in [6, 6.07) is 0. The third-order valence-electron chi connectivity index (χ3n) is 0. The number of Topliss-reactive ketones (excluding diaryl/α,β-unsaturated/α-hetero) is 1. The third-order valence-corrected chi connectivity index (χ3v) is 0. The molecular formula is C3H6AlN3O10. The molecule has 0 aliphatic heterocycles. The van der Waals surface area contributed by atoms with Crippen molar-refractivity contribution < 1.29 is 20.1 Å². The Hall–Kier alpha value is -2.20. The number of hydrogen-bond acceptors (Lipinski definition) is 10. The van der Waals surface area contributed by atoms with E-state index in [4.69, 9.17) is 46.0 Å². The molecule has 0 aliphatic rings. The van der Waals surface area contributed by atoms with E-state index >= 15 is 0 Å². The summed E-state index contributed by atoms with van der Waals surface area (Å²) in [5.41, 5.74) is 0. The summed E-state index contributed by atoms with van der Waals surface area (Å²) in [6.07, 6.45) is 0. The molecule has 0 radical (unpaired) electrons. The van der Waals surface area contributed by atoms with Gasteiger partial charge in [-0.15, -0.1) is 0 Å². The molecule has 0 spiro atoms. The molecule has 0 heterocycles. The summed E-state index contributed by atoms with van der Waals surface area (Å²) >= 11 is 0. The molecule has 13 nitrogen and oxygen atoms in total. The second kappa shape index (κ2) is 23.5. The van der Waals surface area contributed by atoms with E-state index in [0.29, 0.717) is 0 Å². The van der Waals surface area contributed by atoms with Crippen molar-refractivity contribution in [2.75, 3.05) is 0 Å². The molecule has 0 fully saturated rings. The second-order valence-electron chi connectivity index (χ2n) is 1.58. The molecule has 0 saturated carbocycles. The maximum atomic E-state index is 9.44. The van der Waals surface area contributed by atoms with Gasteiger partial charge in [-0.1, -0.05) is 0 Å². The first kappa shape index (κ1) is 29.3. The first-order valence-electron chi connectivity index (χ1n) is 2.85. The van der Waals surface area contributed by atoms with Crippen molar-refractivity contribution in [3.8, 4) is 0 Å². The van der Waals surface area contributed by atoms with Crippen LogP contribution in [0.1, 0.15) is 13.8 Å². The van der Waals surface area contributed by atoms with Gasteiger partial charge in [-0.3, -0.25) is 0 Å². The predicted molar refractivity (Wildman–Crippen MR) is 53.2 cm³/mol. The Morgan fingerprint density at radius 3 is 0.706 bits per heavy atom. The number of carbonyl (C=O) groups excluding carboxylic acids is 1. The number of carbonyl (C=O) groups is 1. The van der Waals surface area contributed by atoms with Crippen LogP contribution in [0.2, 0.25) is 0 Å². The molecule has 0 unspecified atom stereocenters. The molecule has 17 heavy (non-hydrogen) atoms. The molecular weight excluding hydrogens is 265 g/mol. The zero-order valence-electron chi connectivity index (χ0n) is 8.50. The smallest absolute Gasteiger partial charge is 0.356 e. The van der Waals surface area contributed by atoms with E-state index in [1.54, 1.807) is 0 Å². The molecule has 0 bridgehead atoms. The standard InChI is InChI=1S/C3H6O.Al.3NO3/c1-3(2)4;;3*2-1(3)4/h1-2H3;;;;/q;+3;3*-1. The van der Waals surface area contributed by atoms with Crippen LogP contribution in [-0.2, 0) is 4.79 Å². The van der Waals surface area contributed by atoms with Gasteiger partial charge in [0.25, 0.3) is 0 Å². The van der Waals surface area contributed by atoms with E-state index in [1.807, 2.05) is 0 Å². The van der Waals surface area contributed by atoms with Crippen LogP contribution in [0, 0.1) is 46.0 Å². The molecule has 14 heteroatoms. The predicted octanol–water partition coefficient (Wildman–Crippen LogP) is -0.503. The van der Waals surface area contributed by atoms with Gasteiger partial charge in [0.15, 0.2) is 0 Å². The molecule has 96 valence electrons. The number of nitrogens with zero attached hydrogens (tertiary/aromatic N) is 3. The van der Waals surface area contributed by atoms with Crippen LogP contribution >= 0.6 is 0 Å². The van der Waals surface area contributed by atoms with Crippen LogP contribution in [0.15, 0.2) is 0 Å². The molecule has 0 rings (SSSR count). The summed E-state index contributed by atoms with van der Waals surface area (Å²) < 4.78 is 0. The van der Waals surface area contributed by atoms with E-state index in [2.05, 4.69) is 0 Å². The van der Waals surface area contributed by atoms with Gasteiger partial charge in [-0.05, 0) is 13.8 Å². The molecule has 0 atom stereocenters. The fourth-order valence-electron chi connectivity index (χ4n) is 0. The van der Waals surface area contributed by atoms with Gasteiger partial charge in [0, 0.05) is 0 Å². The van der Waals surface area contributed by atoms with Crippen LogP contribution < -0.4 is 0 Å². The minimum atomic E-state index is -1.75. The van der Waals surface area contributed by atoms with Gasteiger partial charge in [0.05, 0.1) is 15.3 Å². The van der Waals surface area contributed by atoms with Crippen molar-refractivity contribution in [3.05, 3.63) is 46.0 Å². The van der Waals surface area contributed by atoms with Crippen LogP contribution in [0.3, 0.4) is 0 Å². The fourth-order valence-corrected chi connectivity index (χ4v) is 0. The Morgan fingerprint density at radius 1 is 0.706 bits per heavy atom. The quantitative estimate of drug-likeness (QED) is 0.312. The minimum Gasteiger partial charge on any atom is -0.356 e. The van der Waals surface area contributed by atoms with Gasteiger partial charge >= 0.3 is 17.4 Å². The minimum absolute atomic E-state index is 0. The first-order valence-corrected chi connectivity index (χ1v) is 2.85. The molecule has 0 aromatic carbocycles. The largest absolute Gasteiger partial charge is 3.00 e. The fraction of sp³-hybridized carbons (Fsp3) is 0.667. The van der Waals surface area contributed by atoms with Crippen LogP contribution in [-0.4, -0.2) is 38.4 Å². The summed E-state index contributed by atoms with van der Waals surface area (Å²) in [5.74, 6) is 0.167. The maximum Gasteiger partial charge on any atom is 3.00 e.